The first-order valence-corrected chi connectivity index (χ1v) is 6.37. The van der Waals surface area contributed by atoms with Gasteiger partial charge in [-0.25, -0.2) is 4.39 Å². The van der Waals surface area contributed by atoms with E-state index in [0.717, 1.165) is 25.9 Å². The number of nitrogens with two attached hydrogens (primary N) is 1. The van der Waals surface area contributed by atoms with Crippen molar-refractivity contribution in [2.45, 2.75) is 19.8 Å². The number of nitrogens with zero attached hydrogens (tertiary/aromatic N) is 1. The fourth-order valence-electron chi connectivity index (χ4n) is 2.53. The van der Waals surface area contributed by atoms with Crippen molar-refractivity contribution < 1.29 is 9.18 Å². The molecule has 3 nitrogen and oxygen atoms in total. The molecule has 0 aromatic heterocycles. The van der Waals surface area contributed by atoms with Gasteiger partial charge in [-0.2, -0.15) is 0 Å². The molecule has 1 amide bonds. The summed E-state index contributed by atoms with van der Waals surface area (Å²) in [5, 5.41) is 0. The Hall–Kier alpha value is -1.42. The maximum Gasteiger partial charge on any atom is 0.254 e. The van der Waals surface area contributed by atoms with E-state index in [1.165, 1.54) is 12.1 Å². The lowest BCUT2D eigenvalue weighted by molar-refractivity contribution is 0.0786. The molecule has 1 heterocycles. The van der Waals surface area contributed by atoms with Crippen LogP contribution in [0.3, 0.4) is 0 Å². The Kier molecular flexibility index (Phi) is 3.97. The van der Waals surface area contributed by atoms with Gasteiger partial charge in [0.15, 0.2) is 0 Å². The number of amides is 1. The summed E-state index contributed by atoms with van der Waals surface area (Å²) in [7, 11) is 0. The van der Waals surface area contributed by atoms with Crippen LogP contribution < -0.4 is 5.73 Å². The number of carbonyl (C=O) groups excluding carboxylic acids is 1. The van der Waals surface area contributed by atoms with Crippen molar-refractivity contribution >= 4 is 5.91 Å². The third-order valence-corrected chi connectivity index (χ3v) is 3.57. The van der Waals surface area contributed by atoms with Crippen molar-refractivity contribution in [1.29, 1.82) is 0 Å². The van der Waals surface area contributed by atoms with Gasteiger partial charge >= 0.3 is 0 Å². The molecule has 1 unspecified atom stereocenters. The van der Waals surface area contributed by atoms with Crippen LogP contribution in [-0.2, 0) is 0 Å². The fraction of sp³-hybridized carbons (Fsp3) is 0.500. The summed E-state index contributed by atoms with van der Waals surface area (Å²) in [6, 6.07) is 4.32. The molecular weight excluding hydrogens is 231 g/mol. The highest BCUT2D eigenvalue weighted by atomic mass is 19.1. The summed E-state index contributed by atoms with van der Waals surface area (Å²) in [6.45, 7) is 3.99. The van der Waals surface area contributed by atoms with Crippen LogP contribution in [0.25, 0.3) is 0 Å². The van der Waals surface area contributed by atoms with Gasteiger partial charge in [-0.3, -0.25) is 4.79 Å². The number of likely N-dealkylation sites (tertiary alicyclic amines) is 1. The van der Waals surface area contributed by atoms with Gasteiger partial charge in [0.1, 0.15) is 5.82 Å². The molecule has 1 aliphatic heterocycles. The average molecular weight is 250 g/mol. The smallest absolute Gasteiger partial charge is 0.254 e. The SMILES string of the molecule is Cc1cc(F)ccc1C(=O)N1CCC(CCN)C1. The molecule has 4 heteroatoms. The fourth-order valence-corrected chi connectivity index (χ4v) is 2.53. The topological polar surface area (TPSA) is 46.3 Å². The van der Waals surface area contributed by atoms with Gasteiger partial charge in [0.25, 0.3) is 5.91 Å². The Morgan fingerprint density at radius 3 is 3.00 bits per heavy atom. The Morgan fingerprint density at radius 1 is 1.56 bits per heavy atom. The average Bonchev–Trinajstić information content (AvgIpc) is 2.77. The number of benzene rings is 1. The van der Waals surface area contributed by atoms with E-state index in [2.05, 4.69) is 0 Å². The van der Waals surface area contributed by atoms with Gasteiger partial charge in [-0.1, -0.05) is 0 Å². The van der Waals surface area contributed by atoms with E-state index in [1.807, 2.05) is 4.90 Å². The normalized spacial score (nSPS) is 19.3. The van der Waals surface area contributed by atoms with Crippen molar-refractivity contribution in [3.63, 3.8) is 0 Å². The molecule has 0 spiro atoms. The zero-order valence-electron chi connectivity index (χ0n) is 10.7. The maximum atomic E-state index is 13.0. The van der Waals surface area contributed by atoms with E-state index in [0.29, 0.717) is 23.6 Å². The third kappa shape index (κ3) is 2.70. The van der Waals surface area contributed by atoms with Crippen LogP contribution in [0, 0.1) is 18.7 Å². The summed E-state index contributed by atoms with van der Waals surface area (Å²) in [4.78, 5) is 14.1. The van der Waals surface area contributed by atoms with Gasteiger partial charge < -0.3 is 10.6 Å². The second-order valence-corrected chi connectivity index (χ2v) is 4.94. The van der Waals surface area contributed by atoms with Crippen LogP contribution in [0.2, 0.25) is 0 Å². The lowest BCUT2D eigenvalue weighted by Crippen LogP contribution is -2.29. The molecular formula is C14H19FN2O. The molecule has 0 radical (unpaired) electrons. The molecule has 0 aliphatic carbocycles. The van der Waals surface area contributed by atoms with Crippen molar-refractivity contribution in [2.24, 2.45) is 11.7 Å². The van der Waals surface area contributed by atoms with E-state index in [1.54, 1.807) is 13.0 Å². The van der Waals surface area contributed by atoms with Crippen molar-refractivity contribution in [3.8, 4) is 0 Å². The molecule has 1 aliphatic rings. The quantitative estimate of drug-likeness (QED) is 0.891. The molecule has 1 aromatic carbocycles. The van der Waals surface area contributed by atoms with E-state index in [9.17, 15) is 9.18 Å². The molecule has 1 saturated heterocycles. The van der Waals surface area contributed by atoms with E-state index in [-0.39, 0.29) is 11.7 Å². The number of hydrogen-bond donors (Lipinski definition) is 1. The second kappa shape index (κ2) is 5.48. The number of aryl methyl sites for hydroxylation is 1. The standard InChI is InChI=1S/C14H19FN2O/c1-10-8-12(15)2-3-13(10)14(18)17-7-5-11(9-17)4-6-16/h2-3,8,11H,4-7,9,16H2,1H3. The summed E-state index contributed by atoms with van der Waals surface area (Å²) < 4.78 is 13.0. The second-order valence-electron chi connectivity index (χ2n) is 4.94. The Morgan fingerprint density at radius 2 is 2.33 bits per heavy atom. The lowest BCUT2D eigenvalue weighted by atomic mass is 10.1. The monoisotopic (exact) mass is 250 g/mol. The minimum atomic E-state index is -0.300. The molecule has 0 saturated carbocycles. The zero-order valence-corrected chi connectivity index (χ0v) is 10.7. The minimum absolute atomic E-state index is 0.00650. The van der Waals surface area contributed by atoms with Gasteiger partial charge in [0.2, 0.25) is 0 Å². The molecule has 1 atom stereocenters. The Labute approximate surface area is 107 Å². The molecule has 0 bridgehead atoms. The Balaban J connectivity index is 2.08. The number of hydrogen-bond acceptors (Lipinski definition) is 2. The van der Waals surface area contributed by atoms with Crippen molar-refractivity contribution in [1.82, 2.24) is 4.90 Å². The van der Waals surface area contributed by atoms with E-state index < -0.39 is 0 Å². The van der Waals surface area contributed by atoms with Crippen LogP contribution in [0.1, 0.15) is 28.8 Å². The number of rotatable bonds is 3. The summed E-state index contributed by atoms with van der Waals surface area (Å²) >= 11 is 0. The number of halogens is 1. The highest BCUT2D eigenvalue weighted by Crippen LogP contribution is 2.22. The largest absolute Gasteiger partial charge is 0.338 e. The highest BCUT2D eigenvalue weighted by Gasteiger charge is 2.27. The molecule has 98 valence electrons. The van der Waals surface area contributed by atoms with Crippen LogP contribution in [0.5, 0.6) is 0 Å². The van der Waals surface area contributed by atoms with Crippen molar-refractivity contribution in [2.75, 3.05) is 19.6 Å². The first-order chi connectivity index (χ1) is 8.61. The predicted octanol–water partition coefficient (Wildman–Crippen LogP) is 1.95. The molecule has 1 fully saturated rings. The van der Waals surface area contributed by atoms with Crippen LogP contribution in [-0.4, -0.2) is 30.4 Å². The third-order valence-electron chi connectivity index (χ3n) is 3.57. The van der Waals surface area contributed by atoms with Gasteiger partial charge in [0, 0.05) is 18.7 Å². The first kappa shape index (κ1) is 13.0. The summed E-state index contributed by atoms with van der Waals surface area (Å²) in [5.74, 6) is 0.221. The summed E-state index contributed by atoms with van der Waals surface area (Å²) in [5.41, 5.74) is 6.83. The van der Waals surface area contributed by atoms with Crippen molar-refractivity contribution in [3.05, 3.63) is 35.1 Å². The van der Waals surface area contributed by atoms with Crippen LogP contribution in [0.15, 0.2) is 18.2 Å². The van der Waals surface area contributed by atoms with E-state index >= 15 is 0 Å². The first-order valence-electron chi connectivity index (χ1n) is 6.37. The molecule has 2 rings (SSSR count). The highest BCUT2D eigenvalue weighted by molar-refractivity contribution is 5.95. The minimum Gasteiger partial charge on any atom is -0.338 e. The molecule has 18 heavy (non-hydrogen) atoms. The predicted molar refractivity (Wildman–Crippen MR) is 68.8 cm³/mol. The lowest BCUT2D eigenvalue weighted by Gasteiger charge is -2.17. The molecule has 1 aromatic rings. The zero-order chi connectivity index (χ0) is 13.1. The van der Waals surface area contributed by atoms with E-state index in [4.69, 9.17) is 5.73 Å². The summed E-state index contributed by atoms with van der Waals surface area (Å²) in [6.07, 6.45) is 1.98. The van der Waals surface area contributed by atoms with Gasteiger partial charge in [-0.05, 0) is 56.0 Å². The van der Waals surface area contributed by atoms with Gasteiger partial charge in [0.05, 0.1) is 0 Å². The van der Waals surface area contributed by atoms with Crippen LogP contribution >= 0.6 is 0 Å². The van der Waals surface area contributed by atoms with Gasteiger partial charge in [-0.15, -0.1) is 0 Å². The Bertz CT molecular complexity index is 447. The molecule has 2 N–H and O–H groups in total. The number of carbonyl (C=O) groups is 1. The maximum absolute atomic E-state index is 13.0. The van der Waals surface area contributed by atoms with Crippen LogP contribution in [0.4, 0.5) is 4.39 Å².